The number of nitrogens with zero attached hydrogens (tertiary/aromatic N) is 1. The average Bonchev–Trinajstić information content (AvgIpc) is 2.46. The van der Waals surface area contributed by atoms with Gasteiger partial charge in [0.05, 0.1) is 16.4 Å². The van der Waals surface area contributed by atoms with Crippen LogP contribution >= 0.6 is 0 Å². The van der Waals surface area contributed by atoms with E-state index in [0.29, 0.717) is 0 Å². The zero-order valence-corrected chi connectivity index (χ0v) is 12.2. The maximum Gasteiger partial charge on any atom is 0.393 e. The van der Waals surface area contributed by atoms with Crippen molar-refractivity contribution in [3.05, 3.63) is 29.8 Å². The molecule has 1 heterocycles. The maximum absolute atomic E-state index is 12.8. The van der Waals surface area contributed by atoms with E-state index in [1.807, 2.05) is 0 Å². The molecule has 1 aromatic rings. The van der Waals surface area contributed by atoms with Crippen LogP contribution < -0.4 is 0 Å². The molecule has 1 fully saturated rings. The Balaban J connectivity index is 2.24. The van der Waals surface area contributed by atoms with Crippen LogP contribution in [0.25, 0.3) is 0 Å². The number of benzene rings is 1. The Kier molecular flexibility index (Phi) is 4.48. The van der Waals surface area contributed by atoms with Crippen molar-refractivity contribution in [3.8, 4) is 0 Å². The highest BCUT2D eigenvalue weighted by molar-refractivity contribution is 7.89. The van der Waals surface area contributed by atoms with E-state index in [-0.39, 0.29) is 29.8 Å². The Morgan fingerprint density at radius 3 is 2.32 bits per heavy atom. The first-order chi connectivity index (χ1) is 10.1. The van der Waals surface area contributed by atoms with Crippen molar-refractivity contribution >= 4 is 16.0 Å². The molecular formula is C13H14F3NO4S. The van der Waals surface area contributed by atoms with Crippen LogP contribution in [0.2, 0.25) is 0 Å². The molecule has 1 aromatic carbocycles. The molecule has 1 aliphatic rings. The van der Waals surface area contributed by atoms with Gasteiger partial charge in [0.25, 0.3) is 0 Å². The van der Waals surface area contributed by atoms with Crippen LogP contribution in [0.15, 0.2) is 29.2 Å². The molecule has 0 aromatic heterocycles. The fraction of sp³-hybridized carbons (Fsp3) is 0.462. The van der Waals surface area contributed by atoms with E-state index < -0.39 is 34.6 Å². The number of hydrogen-bond donors (Lipinski definition) is 1. The van der Waals surface area contributed by atoms with Crippen LogP contribution in [-0.4, -0.2) is 43.1 Å². The summed E-state index contributed by atoms with van der Waals surface area (Å²) in [7, 11) is -4.06. The van der Waals surface area contributed by atoms with Gasteiger partial charge in [0.15, 0.2) is 0 Å². The van der Waals surface area contributed by atoms with E-state index in [0.717, 1.165) is 28.6 Å². The van der Waals surface area contributed by atoms with Gasteiger partial charge in [0.1, 0.15) is 0 Å². The second kappa shape index (κ2) is 5.88. The zero-order chi connectivity index (χ0) is 16.5. The van der Waals surface area contributed by atoms with Gasteiger partial charge in [-0.2, -0.15) is 17.5 Å². The summed E-state index contributed by atoms with van der Waals surface area (Å²) in [5, 5.41) is 8.77. The van der Waals surface area contributed by atoms with E-state index in [4.69, 9.17) is 5.11 Å². The Morgan fingerprint density at radius 2 is 1.82 bits per heavy atom. The first-order valence-corrected chi connectivity index (χ1v) is 7.96. The number of rotatable bonds is 3. The van der Waals surface area contributed by atoms with E-state index in [1.54, 1.807) is 0 Å². The Morgan fingerprint density at radius 1 is 1.23 bits per heavy atom. The van der Waals surface area contributed by atoms with E-state index in [9.17, 15) is 26.4 Å². The van der Waals surface area contributed by atoms with Crippen LogP contribution in [0.1, 0.15) is 23.2 Å². The molecular weight excluding hydrogens is 323 g/mol. The van der Waals surface area contributed by atoms with Gasteiger partial charge in [-0.05, 0) is 37.1 Å². The second-order valence-electron chi connectivity index (χ2n) is 5.07. The molecule has 0 aliphatic carbocycles. The van der Waals surface area contributed by atoms with Crippen LogP contribution in [-0.2, 0) is 10.0 Å². The largest absolute Gasteiger partial charge is 0.478 e. The lowest BCUT2D eigenvalue weighted by Crippen LogP contribution is -2.44. The summed E-state index contributed by atoms with van der Waals surface area (Å²) in [5.41, 5.74) is -0.0919. The molecule has 1 saturated heterocycles. The molecule has 0 amide bonds. The van der Waals surface area contributed by atoms with Crippen molar-refractivity contribution in [2.24, 2.45) is 5.92 Å². The van der Waals surface area contributed by atoms with Gasteiger partial charge >= 0.3 is 12.1 Å². The van der Waals surface area contributed by atoms with Gasteiger partial charge in [-0.3, -0.25) is 0 Å². The summed E-state index contributed by atoms with van der Waals surface area (Å²) in [4.78, 5) is 10.5. The minimum absolute atomic E-state index is 0.0234. The Bertz CT molecular complexity index is 655. The number of aromatic carboxylic acids is 1. The molecule has 0 saturated carbocycles. The lowest BCUT2D eigenvalue weighted by molar-refractivity contribution is -0.182. The quantitative estimate of drug-likeness (QED) is 0.919. The number of sulfonamides is 1. The molecule has 0 bridgehead atoms. The third kappa shape index (κ3) is 3.41. The van der Waals surface area contributed by atoms with E-state index in [1.165, 1.54) is 0 Å². The molecule has 122 valence electrons. The third-order valence-corrected chi connectivity index (χ3v) is 5.47. The first kappa shape index (κ1) is 16.8. The minimum Gasteiger partial charge on any atom is -0.478 e. The standard InChI is InChI=1S/C13H14F3NO4S/c14-13(15,16)10-2-1-7-17(8-10)22(20,21)11-5-3-9(4-6-11)12(18)19/h3-6,10H,1-2,7-8H2,(H,18,19)/t10-/m0/s1. The molecule has 2 rings (SSSR count). The van der Waals surface area contributed by atoms with Crippen LogP contribution in [0, 0.1) is 5.92 Å². The second-order valence-corrected chi connectivity index (χ2v) is 7.01. The molecule has 1 atom stereocenters. The smallest absolute Gasteiger partial charge is 0.393 e. The third-order valence-electron chi connectivity index (χ3n) is 3.59. The fourth-order valence-electron chi connectivity index (χ4n) is 2.35. The van der Waals surface area contributed by atoms with Gasteiger partial charge < -0.3 is 5.11 Å². The maximum atomic E-state index is 12.8. The molecule has 1 N–H and O–H groups in total. The van der Waals surface area contributed by atoms with Crippen molar-refractivity contribution in [3.63, 3.8) is 0 Å². The van der Waals surface area contributed by atoms with Crippen molar-refractivity contribution in [2.75, 3.05) is 13.1 Å². The number of hydrogen-bond acceptors (Lipinski definition) is 3. The summed E-state index contributed by atoms with van der Waals surface area (Å²) in [6.07, 6.45) is -4.38. The molecule has 22 heavy (non-hydrogen) atoms. The molecule has 0 spiro atoms. The van der Waals surface area contributed by atoms with Gasteiger partial charge in [-0.15, -0.1) is 0 Å². The minimum atomic E-state index is -4.43. The summed E-state index contributed by atoms with van der Waals surface area (Å²) in [5.74, 6) is -2.88. The molecule has 9 heteroatoms. The number of halogens is 3. The van der Waals surface area contributed by atoms with E-state index in [2.05, 4.69) is 0 Å². The number of piperidine rings is 1. The molecule has 5 nitrogen and oxygen atoms in total. The van der Waals surface area contributed by atoms with Crippen LogP contribution in [0.3, 0.4) is 0 Å². The van der Waals surface area contributed by atoms with Crippen LogP contribution in [0.5, 0.6) is 0 Å². The highest BCUT2D eigenvalue weighted by Gasteiger charge is 2.44. The number of carbonyl (C=O) groups is 1. The van der Waals surface area contributed by atoms with Gasteiger partial charge in [0, 0.05) is 13.1 Å². The van der Waals surface area contributed by atoms with Crippen molar-refractivity contribution in [1.29, 1.82) is 0 Å². The number of carboxylic acids is 1. The van der Waals surface area contributed by atoms with Crippen LogP contribution in [0.4, 0.5) is 13.2 Å². The number of carboxylic acid groups (broad SMARTS) is 1. The Labute approximate surface area is 125 Å². The highest BCUT2D eigenvalue weighted by Crippen LogP contribution is 2.34. The average molecular weight is 337 g/mol. The summed E-state index contributed by atoms with van der Waals surface area (Å²) < 4.78 is 63.8. The number of alkyl halides is 3. The highest BCUT2D eigenvalue weighted by atomic mass is 32.2. The monoisotopic (exact) mass is 337 g/mol. The summed E-state index contributed by atoms with van der Waals surface area (Å²) in [6, 6.07) is 4.41. The zero-order valence-electron chi connectivity index (χ0n) is 11.4. The molecule has 0 unspecified atom stereocenters. The SMILES string of the molecule is O=C(O)c1ccc(S(=O)(=O)N2CCC[C@H](C(F)(F)F)C2)cc1. The van der Waals surface area contributed by atoms with Crippen molar-refractivity contribution < 1.29 is 31.5 Å². The lowest BCUT2D eigenvalue weighted by atomic mass is 9.99. The summed E-state index contributed by atoms with van der Waals surface area (Å²) in [6.45, 7) is -0.581. The van der Waals surface area contributed by atoms with Gasteiger partial charge in [-0.25, -0.2) is 13.2 Å². The topological polar surface area (TPSA) is 74.7 Å². The lowest BCUT2D eigenvalue weighted by Gasteiger charge is -2.32. The predicted octanol–water partition coefficient (Wildman–Crippen LogP) is 2.35. The Hall–Kier alpha value is -1.61. The normalized spacial score (nSPS) is 20.8. The predicted molar refractivity (Wildman–Crippen MR) is 70.9 cm³/mol. The molecule has 1 aliphatic heterocycles. The van der Waals surface area contributed by atoms with Gasteiger partial charge in [0.2, 0.25) is 10.0 Å². The van der Waals surface area contributed by atoms with Crippen molar-refractivity contribution in [2.45, 2.75) is 23.9 Å². The van der Waals surface area contributed by atoms with Crippen molar-refractivity contribution in [1.82, 2.24) is 4.31 Å². The fourth-order valence-corrected chi connectivity index (χ4v) is 3.87. The molecule has 0 radical (unpaired) electrons. The summed E-state index contributed by atoms with van der Waals surface area (Å²) >= 11 is 0. The first-order valence-electron chi connectivity index (χ1n) is 6.52. The van der Waals surface area contributed by atoms with E-state index >= 15 is 0 Å². The van der Waals surface area contributed by atoms with Gasteiger partial charge in [-0.1, -0.05) is 0 Å².